The van der Waals surface area contributed by atoms with Gasteiger partial charge in [-0.1, -0.05) is 24.1 Å². The highest BCUT2D eigenvalue weighted by molar-refractivity contribution is 7.92. The van der Waals surface area contributed by atoms with Crippen LogP contribution in [0.3, 0.4) is 0 Å². The van der Waals surface area contributed by atoms with Gasteiger partial charge in [-0.25, -0.2) is 8.42 Å². The van der Waals surface area contributed by atoms with Crippen molar-refractivity contribution >= 4 is 27.2 Å². The minimum atomic E-state index is -3.81. The van der Waals surface area contributed by atoms with Gasteiger partial charge in [-0.15, -0.1) is 11.3 Å². The van der Waals surface area contributed by atoms with Crippen LogP contribution in [0, 0.1) is 6.92 Å². The molecule has 3 aromatic rings. The molecule has 7 nitrogen and oxygen atoms in total. The van der Waals surface area contributed by atoms with Gasteiger partial charge in [0.2, 0.25) is 0 Å². The maximum Gasteiger partial charge on any atom is 0.266 e. The summed E-state index contributed by atoms with van der Waals surface area (Å²) in [6, 6.07) is 5.57. The summed E-state index contributed by atoms with van der Waals surface area (Å²) >= 11 is 1.47. The minimum absolute atomic E-state index is 0.169. The molecule has 132 valence electrons. The third-order valence-electron chi connectivity index (χ3n) is 4.31. The standard InChI is InChI=1S/C16H18N4O3S2/c1-11-9-15(18-23-11)19-25(21,22)14-10-20(12-5-2-3-6-12)17-16(14)13-7-4-8-24-13/h4,7-10,12H,2-3,5-6H2,1H3,(H,18,19). The highest BCUT2D eigenvalue weighted by atomic mass is 32.2. The van der Waals surface area contributed by atoms with E-state index in [1.54, 1.807) is 19.2 Å². The van der Waals surface area contributed by atoms with Crippen LogP contribution < -0.4 is 4.72 Å². The van der Waals surface area contributed by atoms with Crippen LogP contribution in [0.5, 0.6) is 0 Å². The van der Waals surface area contributed by atoms with E-state index in [0.717, 1.165) is 30.6 Å². The van der Waals surface area contributed by atoms with Crippen molar-refractivity contribution in [1.29, 1.82) is 0 Å². The van der Waals surface area contributed by atoms with Crippen LogP contribution in [0.4, 0.5) is 5.82 Å². The molecule has 1 N–H and O–H groups in total. The SMILES string of the molecule is Cc1cc(NS(=O)(=O)c2cn(C3CCCC3)nc2-c2cccs2)no1. The van der Waals surface area contributed by atoms with E-state index in [4.69, 9.17) is 4.52 Å². The van der Waals surface area contributed by atoms with E-state index < -0.39 is 10.0 Å². The monoisotopic (exact) mass is 378 g/mol. The lowest BCUT2D eigenvalue weighted by atomic mass is 10.3. The number of aromatic nitrogens is 3. The smallest absolute Gasteiger partial charge is 0.266 e. The fourth-order valence-electron chi connectivity index (χ4n) is 3.12. The lowest BCUT2D eigenvalue weighted by Crippen LogP contribution is -2.13. The molecule has 0 atom stereocenters. The molecule has 0 amide bonds. The average molecular weight is 378 g/mol. The van der Waals surface area contributed by atoms with Crippen LogP contribution in [-0.4, -0.2) is 23.4 Å². The zero-order valence-corrected chi connectivity index (χ0v) is 15.3. The second-order valence-corrected chi connectivity index (χ2v) is 8.76. The maximum absolute atomic E-state index is 12.9. The van der Waals surface area contributed by atoms with Gasteiger partial charge in [0.15, 0.2) is 5.82 Å². The summed E-state index contributed by atoms with van der Waals surface area (Å²) in [6.07, 6.45) is 6.00. The molecule has 0 radical (unpaired) electrons. The number of nitrogens with one attached hydrogen (secondary N) is 1. The Bertz CT molecular complexity index is 967. The lowest BCUT2D eigenvalue weighted by molar-refractivity contribution is 0.400. The predicted molar refractivity (Wildman–Crippen MR) is 95.1 cm³/mol. The predicted octanol–water partition coefficient (Wildman–Crippen LogP) is 3.82. The van der Waals surface area contributed by atoms with Gasteiger partial charge in [-0.2, -0.15) is 5.10 Å². The molecule has 0 aromatic carbocycles. The van der Waals surface area contributed by atoms with E-state index in [0.29, 0.717) is 11.5 Å². The van der Waals surface area contributed by atoms with Gasteiger partial charge in [0.25, 0.3) is 10.0 Å². The first-order chi connectivity index (χ1) is 12.0. The molecule has 0 saturated heterocycles. The van der Waals surface area contributed by atoms with E-state index in [2.05, 4.69) is 15.0 Å². The normalized spacial score (nSPS) is 15.7. The summed E-state index contributed by atoms with van der Waals surface area (Å²) in [5.74, 6) is 0.709. The van der Waals surface area contributed by atoms with Crippen molar-refractivity contribution in [1.82, 2.24) is 14.9 Å². The molecule has 0 unspecified atom stereocenters. The van der Waals surface area contributed by atoms with E-state index in [-0.39, 0.29) is 16.8 Å². The largest absolute Gasteiger partial charge is 0.360 e. The van der Waals surface area contributed by atoms with Crippen LogP contribution in [0.1, 0.15) is 37.5 Å². The van der Waals surface area contributed by atoms with Crippen molar-refractivity contribution in [3.05, 3.63) is 35.5 Å². The van der Waals surface area contributed by atoms with E-state index in [1.807, 2.05) is 22.2 Å². The van der Waals surface area contributed by atoms with Crippen molar-refractivity contribution in [2.24, 2.45) is 0 Å². The highest BCUT2D eigenvalue weighted by Gasteiger charge is 2.28. The number of hydrogen-bond donors (Lipinski definition) is 1. The van der Waals surface area contributed by atoms with Crippen LogP contribution >= 0.6 is 11.3 Å². The van der Waals surface area contributed by atoms with Crippen LogP contribution in [0.15, 0.2) is 39.2 Å². The van der Waals surface area contributed by atoms with E-state index in [9.17, 15) is 8.42 Å². The van der Waals surface area contributed by atoms with Crippen molar-refractivity contribution in [2.45, 2.75) is 43.5 Å². The summed E-state index contributed by atoms with van der Waals surface area (Å²) in [7, 11) is -3.81. The van der Waals surface area contributed by atoms with Gasteiger partial charge in [0.05, 0.1) is 10.9 Å². The molecule has 1 saturated carbocycles. The van der Waals surface area contributed by atoms with Crippen molar-refractivity contribution in [3.8, 4) is 10.6 Å². The van der Waals surface area contributed by atoms with Crippen LogP contribution in [-0.2, 0) is 10.0 Å². The first-order valence-corrected chi connectivity index (χ1v) is 10.5. The zero-order chi connectivity index (χ0) is 17.4. The van der Waals surface area contributed by atoms with Gasteiger partial charge in [0.1, 0.15) is 16.3 Å². The molecule has 4 rings (SSSR count). The van der Waals surface area contributed by atoms with E-state index in [1.165, 1.54) is 11.3 Å². The molecule has 1 aliphatic rings. The van der Waals surface area contributed by atoms with Gasteiger partial charge in [-0.3, -0.25) is 9.40 Å². The number of rotatable bonds is 5. The zero-order valence-electron chi connectivity index (χ0n) is 13.7. The molecule has 1 aliphatic carbocycles. The van der Waals surface area contributed by atoms with Crippen molar-refractivity contribution in [3.63, 3.8) is 0 Å². The van der Waals surface area contributed by atoms with Crippen LogP contribution in [0.2, 0.25) is 0 Å². The molecule has 3 heterocycles. The fourth-order valence-corrected chi connectivity index (χ4v) is 5.04. The number of anilines is 1. The van der Waals surface area contributed by atoms with Gasteiger partial charge >= 0.3 is 0 Å². The topological polar surface area (TPSA) is 90.0 Å². The Balaban J connectivity index is 1.76. The second kappa shape index (κ2) is 6.30. The average Bonchev–Trinajstić information content (AvgIpc) is 3.34. The molecular formula is C16H18N4O3S2. The summed E-state index contributed by atoms with van der Waals surface area (Å²) in [6.45, 7) is 1.71. The summed E-state index contributed by atoms with van der Waals surface area (Å²) < 4.78 is 35.1. The Labute approximate surface area is 149 Å². The molecule has 0 aliphatic heterocycles. The summed E-state index contributed by atoms with van der Waals surface area (Å²) in [5.41, 5.74) is 0.481. The number of hydrogen-bond acceptors (Lipinski definition) is 6. The molecule has 9 heteroatoms. The number of thiophene rings is 1. The fraction of sp³-hybridized carbons (Fsp3) is 0.375. The summed E-state index contributed by atoms with van der Waals surface area (Å²) in [4.78, 5) is 0.996. The van der Waals surface area contributed by atoms with E-state index >= 15 is 0 Å². The number of aryl methyl sites for hydroxylation is 1. The first-order valence-electron chi connectivity index (χ1n) is 8.12. The molecule has 1 fully saturated rings. The van der Waals surface area contributed by atoms with Crippen molar-refractivity contribution in [2.75, 3.05) is 4.72 Å². The molecule has 3 aromatic heterocycles. The molecular weight excluding hydrogens is 360 g/mol. The Morgan fingerprint density at radius 3 is 2.80 bits per heavy atom. The minimum Gasteiger partial charge on any atom is -0.360 e. The Hall–Kier alpha value is -2.13. The molecule has 25 heavy (non-hydrogen) atoms. The van der Waals surface area contributed by atoms with Gasteiger partial charge in [-0.05, 0) is 31.2 Å². The maximum atomic E-state index is 12.9. The Kier molecular flexibility index (Phi) is 4.12. The third kappa shape index (κ3) is 3.21. The van der Waals surface area contributed by atoms with Gasteiger partial charge < -0.3 is 4.52 Å². The lowest BCUT2D eigenvalue weighted by Gasteiger charge is -2.08. The second-order valence-electron chi connectivity index (χ2n) is 6.17. The first kappa shape index (κ1) is 16.3. The number of sulfonamides is 1. The molecule has 0 spiro atoms. The van der Waals surface area contributed by atoms with Crippen molar-refractivity contribution < 1.29 is 12.9 Å². The summed E-state index contributed by atoms with van der Waals surface area (Å²) in [5, 5.41) is 10.2. The highest BCUT2D eigenvalue weighted by Crippen LogP contribution is 2.35. The quantitative estimate of drug-likeness (QED) is 0.729. The van der Waals surface area contributed by atoms with Gasteiger partial charge in [0, 0.05) is 12.3 Å². The Morgan fingerprint density at radius 1 is 1.36 bits per heavy atom. The third-order valence-corrected chi connectivity index (χ3v) is 6.54. The Morgan fingerprint density at radius 2 is 2.16 bits per heavy atom. The van der Waals surface area contributed by atoms with Crippen LogP contribution in [0.25, 0.3) is 10.6 Å². The number of nitrogens with zero attached hydrogens (tertiary/aromatic N) is 3. The molecule has 0 bridgehead atoms.